The fourth-order valence-electron chi connectivity index (χ4n) is 3.79. The Kier molecular flexibility index (Phi) is 6.44. The summed E-state index contributed by atoms with van der Waals surface area (Å²) < 4.78 is 0. The van der Waals surface area contributed by atoms with Gasteiger partial charge in [0.15, 0.2) is 0 Å². The summed E-state index contributed by atoms with van der Waals surface area (Å²) in [6, 6.07) is 6.94. The zero-order valence-corrected chi connectivity index (χ0v) is 16.3. The quantitative estimate of drug-likeness (QED) is 0.727. The molecule has 0 aromatic heterocycles. The van der Waals surface area contributed by atoms with E-state index in [4.69, 9.17) is 0 Å². The molecule has 0 saturated carbocycles. The van der Waals surface area contributed by atoms with E-state index in [2.05, 4.69) is 5.32 Å². The summed E-state index contributed by atoms with van der Waals surface area (Å²) in [4.78, 5) is 51.8. The predicted molar refractivity (Wildman–Crippen MR) is 104 cm³/mol. The number of likely N-dealkylation sites (tertiary alicyclic amines) is 1. The standard InChI is InChI=1S/C21H27N3O4/c1-2-6-18(25)22-15-10-13-23(14-11-15)19(26)9-5-12-24-20(27)16-7-3-4-8-17(16)21(24)28/h3-4,7-8,15H,2,5-6,9-14H2,1H3,(H,22,25). The monoisotopic (exact) mass is 385 g/mol. The molecule has 7 heteroatoms. The number of nitrogens with one attached hydrogen (secondary N) is 1. The maximum Gasteiger partial charge on any atom is 0.261 e. The fourth-order valence-corrected chi connectivity index (χ4v) is 3.79. The summed E-state index contributed by atoms with van der Waals surface area (Å²) in [5.41, 5.74) is 0.872. The van der Waals surface area contributed by atoms with Gasteiger partial charge in [0, 0.05) is 38.5 Å². The molecule has 28 heavy (non-hydrogen) atoms. The van der Waals surface area contributed by atoms with Gasteiger partial charge in [0.05, 0.1) is 11.1 Å². The van der Waals surface area contributed by atoms with E-state index in [0.717, 1.165) is 19.3 Å². The Balaban J connectivity index is 1.41. The summed E-state index contributed by atoms with van der Waals surface area (Å²) in [6.07, 6.45) is 3.66. The maximum atomic E-state index is 12.4. The maximum absolute atomic E-state index is 12.4. The van der Waals surface area contributed by atoms with E-state index in [1.165, 1.54) is 4.90 Å². The summed E-state index contributed by atoms with van der Waals surface area (Å²) in [7, 11) is 0. The minimum Gasteiger partial charge on any atom is -0.353 e. The Morgan fingerprint density at radius 1 is 1.04 bits per heavy atom. The lowest BCUT2D eigenvalue weighted by Gasteiger charge is -2.32. The first-order chi connectivity index (χ1) is 13.5. The van der Waals surface area contributed by atoms with Gasteiger partial charge in [-0.15, -0.1) is 0 Å². The highest BCUT2D eigenvalue weighted by Crippen LogP contribution is 2.23. The lowest BCUT2D eigenvalue weighted by molar-refractivity contribution is -0.132. The van der Waals surface area contributed by atoms with Gasteiger partial charge in [-0.05, 0) is 37.8 Å². The molecule has 2 aliphatic heterocycles. The normalized spacial score (nSPS) is 17.0. The van der Waals surface area contributed by atoms with Gasteiger partial charge in [-0.1, -0.05) is 19.1 Å². The molecule has 0 bridgehead atoms. The molecule has 0 unspecified atom stereocenters. The Labute approximate surface area is 165 Å². The minimum atomic E-state index is -0.281. The minimum absolute atomic E-state index is 0.0370. The number of carbonyl (C=O) groups excluding carboxylic acids is 4. The van der Waals surface area contributed by atoms with Crippen molar-refractivity contribution in [2.45, 2.75) is 51.5 Å². The lowest BCUT2D eigenvalue weighted by atomic mass is 10.0. The number of fused-ring (bicyclic) bond motifs is 1. The molecule has 2 aliphatic rings. The van der Waals surface area contributed by atoms with Crippen molar-refractivity contribution in [3.8, 4) is 0 Å². The molecule has 2 heterocycles. The highest BCUT2D eigenvalue weighted by Gasteiger charge is 2.34. The smallest absolute Gasteiger partial charge is 0.261 e. The molecule has 4 amide bonds. The summed E-state index contributed by atoms with van der Waals surface area (Å²) in [6.45, 7) is 3.48. The van der Waals surface area contributed by atoms with Crippen molar-refractivity contribution in [3.05, 3.63) is 35.4 Å². The molecule has 1 N–H and O–H groups in total. The van der Waals surface area contributed by atoms with Crippen LogP contribution in [-0.4, -0.2) is 59.1 Å². The van der Waals surface area contributed by atoms with Gasteiger partial charge in [0.2, 0.25) is 11.8 Å². The van der Waals surface area contributed by atoms with Gasteiger partial charge >= 0.3 is 0 Å². The third-order valence-electron chi connectivity index (χ3n) is 5.34. The Morgan fingerprint density at radius 2 is 1.64 bits per heavy atom. The van der Waals surface area contributed by atoms with Gasteiger partial charge in [0.25, 0.3) is 11.8 Å². The molecule has 0 atom stereocenters. The van der Waals surface area contributed by atoms with Crippen LogP contribution in [0.25, 0.3) is 0 Å². The van der Waals surface area contributed by atoms with E-state index in [0.29, 0.717) is 43.5 Å². The SMILES string of the molecule is CCCC(=O)NC1CCN(C(=O)CCCN2C(=O)c3ccccc3C2=O)CC1. The predicted octanol–water partition coefficient (Wildman–Crippen LogP) is 1.97. The van der Waals surface area contributed by atoms with Crippen molar-refractivity contribution >= 4 is 23.6 Å². The number of hydrogen-bond donors (Lipinski definition) is 1. The Hall–Kier alpha value is -2.70. The van der Waals surface area contributed by atoms with E-state index in [9.17, 15) is 19.2 Å². The molecular weight excluding hydrogens is 358 g/mol. The molecule has 0 aliphatic carbocycles. The van der Waals surface area contributed by atoms with Gasteiger partial charge in [-0.25, -0.2) is 0 Å². The third kappa shape index (κ3) is 4.40. The number of hydrogen-bond acceptors (Lipinski definition) is 4. The number of carbonyl (C=O) groups is 4. The summed E-state index contributed by atoms with van der Waals surface area (Å²) in [5.74, 6) is -0.448. The van der Waals surface area contributed by atoms with E-state index in [1.807, 2.05) is 11.8 Å². The number of imide groups is 1. The van der Waals surface area contributed by atoms with Crippen LogP contribution >= 0.6 is 0 Å². The fraction of sp³-hybridized carbons (Fsp3) is 0.524. The zero-order valence-electron chi connectivity index (χ0n) is 16.3. The van der Waals surface area contributed by atoms with Crippen LogP contribution in [0.1, 0.15) is 66.2 Å². The van der Waals surface area contributed by atoms with Gasteiger partial charge in [0.1, 0.15) is 0 Å². The van der Waals surface area contributed by atoms with Gasteiger partial charge < -0.3 is 10.2 Å². The first-order valence-electron chi connectivity index (χ1n) is 10.0. The molecule has 1 aromatic carbocycles. The second kappa shape index (κ2) is 8.99. The van der Waals surface area contributed by atoms with Gasteiger partial charge in [-0.3, -0.25) is 24.1 Å². The molecule has 1 fully saturated rings. The number of rotatable bonds is 7. The summed E-state index contributed by atoms with van der Waals surface area (Å²) in [5, 5.41) is 3.02. The van der Waals surface area contributed by atoms with Crippen LogP contribution in [0.5, 0.6) is 0 Å². The van der Waals surface area contributed by atoms with Crippen LogP contribution in [-0.2, 0) is 9.59 Å². The highest BCUT2D eigenvalue weighted by atomic mass is 16.2. The Morgan fingerprint density at radius 3 is 2.21 bits per heavy atom. The molecule has 7 nitrogen and oxygen atoms in total. The molecule has 0 radical (unpaired) electrons. The average Bonchev–Trinajstić information content (AvgIpc) is 2.94. The lowest BCUT2D eigenvalue weighted by Crippen LogP contribution is -2.46. The van der Waals surface area contributed by atoms with Gasteiger partial charge in [-0.2, -0.15) is 0 Å². The van der Waals surface area contributed by atoms with E-state index in [-0.39, 0.29) is 36.2 Å². The molecule has 1 aromatic rings. The van der Waals surface area contributed by atoms with Crippen LogP contribution in [0.15, 0.2) is 24.3 Å². The van der Waals surface area contributed by atoms with E-state index in [1.54, 1.807) is 24.3 Å². The number of nitrogens with zero attached hydrogens (tertiary/aromatic N) is 2. The van der Waals surface area contributed by atoms with Crippen molar-refractivity contribution in [2.75, 3.05) is 19.6 Å². The number of benzene rings is 1. The van der Waals surface area contributed by atoms with E-state index < -0.39 is 0 Å². The van der Waals surface area contributed by atoms with Crippen molar-refractivity contribution in [2.24, 2.45) is 0 Å². The van der Waals surface area contributed by atoms with Crippen molar-refractivity contribution in [1.29, 1.82) is 0 Å². The van der Waals surface area contributed by atoms with Crippen LogP contribution in [0.2, 0.25) is 0 Å². The number of amides is 4. The zero-order chi connectivity index (χ0) is 20.1. The Bertz CT molecular complexity index is 734. The van der Waals surface area contributed by atoms with E-state index >= 15 is 0 Å². The first-order valence-corrected chi connectivity index (χ1v) is 10.0. The van der Waals surface area contributed by atoms with Crippen LogP contribution in [0.4, 0.5) is 0 Å². The second-order valence-corrected chi connectivity index (χ2v) is 7.38. The van der Waals surface area contributed by atoms with Crippen LogP contribution in [0, 0.1) is 0 Å². The average molecular weight is 385 g/mol. The van der Waals surface area contributed by atoms with Crippen molar-refractivity contribution in [3.63, 3.8) is 0 Å². The largest absolute Gasteiger partial charge is 0.353 e. The molecular formula is C21H27N3O4. The topological polar surface area (TPSA) is 86.8 Å². The molecule has 3 rings (SSSR count). The second-order valence-electron chi connectivity index (χ2n) is 7.38. The molecule has 0 spiro atoms. The molecule has 1 saturated heterocycles. The van der Waals surface area contributed by atoms with Crippen LogP contribution < -0.4 is 5.32 Å². The van der Waals surface area contributed by atoms with Crippen molar-refractivity contribution < 1.29 is 19.2 Å². The van der Waals surface area contributed by atoms with Crippen LogP contribution in [0.3, 0.4) is 0 Å². The van der Waals surface area contributed by atoms with Crippen molar-refractivity contribution in [1.82, 2.24) is 15.1 Å². The third-order valence-corrected chi connectivity index (χ3v) is 5.34. The summed E-state index contributed by atoms with van der Waals surface area (Å²) >= 11 is 0. The highest BCUT2D eigenvalue weighted by molar-refractivity contribution is 6.21. The molecule has 150 valence electrons. The number of piperidine rings is 1. The first kappa shape index (κ1) is 20.0.